The van der Waals surface area contributed by atoms with Gasteiger partial charge in [0.1, 0.15) is 11.8 Å². The van der Waals surface area contributed by atoms with Crippen LogP contribution in [-0.4, -0.2) is 23.9 Å². The average molecular weight is 150 g/mol. The van der Waals surface area contributed by atoms with Gasteiger partial charge < -0.3 is 0 Å². The Kier molecular flexibility index (Phi) is 1.32. The lowest BCUT2D eigenvalue weighted by atomic mass is 9.99. The predicted molar refractivity (Wildman–Crippen MR) is 43.0 cm³/mol. The Hall–Kier alpha value is -1.09. The Morgan fingerprint density at radius 2 is 2.45 bits per heavy atom. The number of allylic oxidation sites excluding steroid dienone is 2. The molecule has 0 aromatic rings. The van der Waals surface area contributed by atoms with Gasteiger partial charge >= 0.3 is 0 Å². The molecule has 3 nitrogen and oxygen atoms in total. The zero-order valence-corrected chi connectivity index (χ0v) is 6.61. The van der Waals surface area contributed by atoms with Crippen molar-refractivity contribution < 1.29 is 4.94 Å². The smallest absolute Gasteiger partial charge is 0.115 e. The maximum absolute atomic E-state index is 5.00. The number of likely N-dealkylation sites (N-methyl/N-ethyl adjacent to an activating group) is 1. The first kappa shape index (κ1) is 6.61. The van der Waals surface area contributed by atoms with Gasteiger partial charge in [0, 0.05) is 7.05 Å². The molecule has 3 heteroatoms. The topological polar surface area (TPSA) is 24.8 Å². The molecule has 58 valence electrons. The maximum Gasteiger partial charge on any atom is 0.115 e. The first-order valence-electron chi connectivity index (χ1n) is 3.62. The molecule has 0 spiro atoms. The Bertz CT molecular complexity index is 265. The third-order valence-corrected chi connectivity index (χ3v) is 1.98. The minimum atomic E-state index is 0.236. The Labute approximate surface area is 65.6 Å². The summed E-state index contributed by atoms with van der Waals surface area (Å²) < 4.78 is 0. The minimum Gasteiger partial charge on any atom is -0.296 e. The van der Waals surface area contributed by atoms with E-state index in [1.165, 1.54) is 5.57 Å². The number of hydroxylamine groups is 2. The van der Waals surface area contributed by atoms with Crippen LogP contribution in [0.2, 0.25) is 0 Å². The van der Waals surface area contributed by atoms with E-state index in [9.17, 15) is 0 Å². The molecule has 0 amide bonds. The second-order valence-corrected chi connectivity index (χ2v) is 2.82. The highest BCUT2D eigenvalue weighted by Crippen LogP contribution is 2.21. The third kappa shape index (κ3) is 0.886. The van der Waals surface area contributed by atoms with Crippen LogP contribution in [0.25, 0.3) is 0 Å². The SMILES string of the molecule is CC1=CC=CC2=NON(C)C12. The molecule has 1 aliphatic carbocycles. The van der Waals surface area contributed by atoms with E-state index < -0.39 is 0 Å². The number of fused-ring (bicyclic) bond motifs is 1. The molecule has 1 unspecified atom stereocenters. The standard InChI is InChI=1S/C8H10N2O/c1-6-4-3-5-7-8(6)10(2)11-9-7/h3-5,8H,1-2H3. The monoisotopic (exact) mass is 150 g/mol. The van der Waals surface area contributed by atoms with Gasteiger partial charge in [-0.1, -0.05) is 17.3 Å². The van der Waals surface area contributed by atoms with Crippen LogP contribution < -0.4 is 0 Å². The number of oxime groups is 1. The molecule has 0 N–H and O–H groups in total. The summed E-state index contributed by atoms with van der Waals surface area (Å²) in [7, 11) is 1.89. The van der Waals surface area contributed by atoms with Gasteiger partial charge in [-0.25, -0.2) is 0 Å². The molecule has 11 heavy (non-hydrogen) atoms. The van der Waals surface area contributed by atoms with Crippen LogP contribution in [-0.2, 0) is 4.94 Å². The minimum absolute atomic E-state index is 0.236. The van der Waals surface area contributed by atoms with Gasteiger partial charge in [-0.3, -0.25) is 4.94 Å². The third-order valence-electron chi connectivity index (χ3n) is 1.98. The van der Waals surface area contributed by atoms with E-state index in [4.69, 9.17) is 4.94 Å². The van der Waals surface area contributed by atoms with Crippen molar-refractivity contribution in [3.8, 4) is 0 Å². The van der Waals surface area contributed by atoms with Crippen LogP contribution in [0.3, 0.4) is 0 Å². The molecule has 1 atom stereocenters. The largest absolute Gasteiger partial charge is 0.296 e. The van der Waals surface area contributed by atoms with E-state index in [0.29, 0.717) is 0 Å². The molecule has 0 bridgehead atoms. The maximum atomic E-state index is 5.00. The summed E-state index contributed by atoms with van der Waals surface area (Å²) in [6, 6.07) is 0.236. The molecule has 1 aliphatic heterocycles. The fraction of sp³-hybridized carbons (Fsp3) is 0.375. The van der Waals surface area contributed by atoms with Crippen molar-refractivity contribution in [2.75, 3.05) is 7.05 Å². The fourth-order valence-corrected chi connectivity index (χ4v) is 1.43. The molecule has 2 rings (SSSR count). The zero-order valence-electron chi connectivity index (χ0n) is 6.61. The van der Waals surface area contributed by atoms with Crippen LogP contribution in [0.4, 0.5) is 0 Å². The van der Waals surface area contributed by atoms with Crippen molar-refractivity contribution in [1.29, 1.82) is 0 Å². The summed E-state index contributed by atoms with van der Waals surface area (Å²) in [5.74, 6) is 0. The highest BCUT2D eigenvalue weighted by molar-refractivity contribution is 6.02. The van der Waals surface area contributed by atoms with Crippen molar-refractivity contribution in [3.05, 3.63) is 23.8 Å². The lowest BCUT2D eigenvalue weighted by Crippen LogP contribution is -2.32. The highest BCUT2D eigenvalue weighted by Gasteiger charge is 2.29. The summed E-state index contributed by atoms with van der Waals surface area (Å²) >= 11 is 0. The van der Waals surface area contributed by atoms with E-state index in [0.717, 1.165) is 5.71 Å². The Morgan fingerprint density at radius 1 is 1.64 bits per heavy atom. The lowest BCUT2D eigenvalue weighted by Gasteiger charge is -2.18. The molecular weight excluding hydrogens is 140 g/mol. The normalized spacial score (nSPS) is 29.1. The summed E-state index contributed by atoms with van der Waals surface area (Å²) in [5, 5.41) is 5.66. The molecule has 0 fully saturated rings. The Balaban J connectivity index is 2.36. The van der Waals surface area contributed by atoms with Gasteiger partial charge in [0.2, 0.25) is 0 Å². The van der Waals surface area contributed by atoms with E-state index in [1.807, 2.05) is 19.2 Å². The van der Waals surface area contributed by atoms with Gasteiger partial charge in [-0.05, 0) is 18.6 Å². The van der Waals surface area contributed by atoms with Gasteiger partial charge in [0.05, 0.1) is 0 Å². The Morgan fingerprint density at radius 3 is 3.18 bits per heavy atom. The number of hydrogen-bond donors (Lipinski definition) is 0. The van der Waals surface area contributed by atoms with Gasteiger partial charge in [0.25, 0.3) is 0 Å². The van der Waals surface area contributed by atoms with Crippen LogP contribution >= 0.6 is 0 Å². The van der Waals surface area contributed by atoms with E-state index >= 15 is 0 Å². The zero-order chi connectivity index (χ0) is 7.84. The number of hydrogen-bond acceptors (Lipinski definition) is 3. The quantitative estimate of drug-likeness (QED) is 0.516. The second kappa shape index (κ2) is 2.20. The second-order valence-electron chi connectivity index (χ2n) is 2.82. The molecule has 0 saturated carbocycles. The van der Waals surface area contributed by atoms with Crippen molar-refractivity contribution in [2.24, 2.45) is 5.16 Å². The predicted octanol–water partition coefficient (Wildman–Crippen LogP) is 1.10. The van der Waals surface area contributed by atoms with Gasteiger partial charge in [-0.2, -0.15) is 0 Å². The molecule has 0 saturated heterocycles. The highest BCUT2D eigenvalue weighted by atomic mass is 16.8. The van der Waals surface area contributed by atoms with Crippen LogP contribution in [0.1, 0.15) is 6.92 Å². The first-order chi connectivity index (χ1) is 5.29. The average Bonchev–Trinajstić information content (AvgIpc) is 2.34. The van der Waals surface area contributed by atoms with Crippen molar-refractivity contribution >= 4 is 5.71 Å². The van der Waals surface area contributed by atoms with Crippen LogP contribution in [0.15, 0.2) is 29.0 Å². The fourth-order valence-electron chi connectivity index (χ4n) is 1.43. The number of rotatable bonds is 0. The van der Waals surface area contributed by atoms with E-state index in [1.54, 1.807) is 5.06 Å². The molecule has 0 aromatic heterocycles. The van der Waals surface area contributed by atoms with Crippen LogP contribution in [0.5, 0.6) is 0 Å². The molecule has 2 aliphatic rings. The summed E-state index contributed by atoms with van der Waals surface area (Å²) in [5.41, 5.74) is 2.26. The summed E-state index contributed by atoms with van der Waals surface area (Å²) in [6.07, 6.45) is 6.04. The van der Waals surface area contributed by atoms with Gasteiger partial charge in [-0.15, -0.1) is 5.06 Å². The van der Waals surface area contributed by atoms with Crippen LogP contribution in [0, 0.1) is 0 Å². The molecule has 0 radical (unpaired) electrons. The molecule has 1 heterocycles. The van der Waals surface area contributed by atoms with Crippen molar-refractivity contribution in [1.82, 2.24) is 5.06 Å². The first-order valence-corrected chi connectivity index (χ1v) is 3.62. The van der Waals surface area contributed by atoms with Gasteiger partial charge in [0.15, 0.2) is 0 Å². The summed E-state index contributed by atoms with van der Waals surface area (Å²) in [6.45, 7) is 2.08. The van der Waals surface area contributed by atoms with E-state index in [2.05, 4.69) is 18.2 Å². The van der Waals surface area contributed by atoms with E-state index in [-0.39, 0.29) is 6.04 Å². The molecule has 0 aromatic carbocycles. The van der Waals surface area contributed by atoms with Crippen molar-refractivity contribution in [3.63, 3.8) is 0 Å². The molecular formula is C8H10N2O. The lowest BCUT2D eigenvalue weighted by molar-refractivity contribution is -0.125. The van der Waals surface area contributed by atoms with Crippen molar-refractivity contribution in [2.45, 2.75) is 13.0 Å². The number of nitrogens with zero attached hydrogens (tertiary/aromatic N) is 2. The summed E-state index contributed by atoms with van der Waals surface area (Å²) in [4.78, 5) is 5.00.